The van der Waals surface area contributed by atoms with E-state index in [2.05, 4.69) is 16.5 Å². The minimum Gasteiger partial charge on any atom is -0.328 e. The Labute approximate surface area is 130 Å². The summed E-state index contributed by atoms with van der Waals surface area (Å²) in [7, 11) is 0. The zero-order valence-electron chi connectivity index (χ0n) is 12.5. The lowest BCUT2D eigenvalue weighted by atomic mass is 9.83. The second-order valence-electron chi connectivity index (χ2n) is 6.31. The molecule has 21 heavy (non-hydrogen) atoms. The average molecular weight is 309 g/mol. The molecule has 0 N–H and O–H groups in total. The van der Waals surface area contributed by atoms with Crippen molar-refractivity contribution in [3.8, 4) is 0 Å². The maximum Gasteiger partial charge on any atom is 0.151 e. The molecule has 0 unspecified atom stereocenters. The summed E-state index contributed by atoms with van der Waals surface area (Å²) in [5.41, 5.74) is 1.40. The molecule has 2 nitrogen and oxygen atoms in total. The van der Waals surface area contributed by atoms with Crippen molar-refractivity contribution in [2.45, 2.75) is 45.6 Å². The first kappa shape index (κ1) is 14.8. The number of benzene rings is 1. The molecule has 0 aliphatic heterocycles. The molecule has 2 aromatic rings. The largest absolute Gasteiger partial charge is 0.328 e. The van der Waals surface area contributed by atoms with Crippen molar-refractivity contribution in [1.29, 1.82) is 0 Å². The van der Waals surface area contributed by atoms with Gasteiger partial charge in [0.15, 0.2) is 5.82 Å². The Morgan fingerprint density at radius 2 is 2.05 bits per heavy atom. The lowest BCUT2D eigenvalue weighted by Gasteiger charge is -2.27. The number of aryl methyl sites for hydroxylation is 1. The molecule has 1 saturated carbocycles. The maximum atomic E-state index is 13.9. The van der Waals surface area contributed by atoms with Gasteiger partial charge in [0.2, 0.25) is 0 Å². The van der Waals surface area contributed by atoms with Crippen molar-refractivity contribution in [3.63, 3.8) is 0 Å². The van der Waals surface area contributed by atoms with E-state index in [1.54, 1.807) is 6.07 Å². The van der Waals surface area contributed by atoms with Gasteiger partial charge in [-0.2, -0.15) is 0 Å². The summed E-state index contributed by atoms with van der Waals surface area (Å²) in [6.07, 6.45) is 5.82. The van der Waals surface area contributed by atoms with Gasteiger partial charge in [-0.3, -0.25) is 0 Å². The molecular weight excluding hydrogens is 287 g/mol. The lowest BCUT2D eigenvalue weighted by molar-refractivity contribution is 0.265. The van der Waals surface area contributed by atoms with E-state index < -0.39 is 0 Å². The molecule has 1 aromatic carbocycles. The number of hydrogen-bond acceptors (Lipinski definition) is 1. The number of aromatic nitrogens is 2. The van der Waals surface area contributed by atoms with Gasteiger partial charge in [-0.25, -0.2) is 9.37 Å². The van der Waals surface area contributed by atoms with Gasteiger partial charge in [0.05, 0.1) is 5.52 Å². The highest BCUT2D eigenvalue weighted by molar-refractivity contribution is 6.17. The van der Waals surface area contributed by atoms with Crippen LogP contribution >= 0.6 is 11.6 Å². The van der Waals surface area contributed by atoms with E-state index in [0.29, 0.717) is 23.7 Å². The third kappa shape index (κ3) is 3.08. The molecule has 1 aliphatic carbocycles. The Balaban J connectivity index is 1.92. The van der Waals surface area contributed by atoms with E-state index >= 15 is 0 Å². The van der Waals surface area contributed by atoms with Crippen LogP contribution in [0.3, 0.4) is 0 Å². The summed E-state index contributed by atoms with van der Waals surface area (Å²) in [6, 6.07) is 5.21. The van der Waals surface area contributed by atoms with Crippen LogP contribution < -0.4 is 0 Å². The van der Waals surface area contributed by atoms with Gasteiger partial charge in [-0.1, -0.05) is 25.8 Å². The summed E-state index contributed by atoms with van der Waals surface area (Å²) in [5.74, 6) is 2.73. The van der Waals surface area contributed by atoms with Gasteiger partial charge < -0.3 is 4.57 Å². The quantitative estimate of drug-likeness (QED) is 0.743. The molecular formula is C17H22ClFN2. The highest BCUT2D eigenvalue weighted by Crippen LogP contribution is 2.31. The third-order valence-corrected chi connectivity index (χ3v) is 4.89. The monoisotopic (exact) mass is 308 g/mol. The molecule has 114 valence electrons. The maximum absolute atomic E-state index is 13.9. The van der Waals surface area contributed by atoms with E-state index in [0.717, 1.165) is 23.8 Å². The molecule has 0 saturated heterocycles. The topological polar surface area (TPSA) is 17.8 Å². The van der Waals surface area contributed by atoms with E-state index in [9.17, 15) is 4.39 Å². The number of nitrogens with zero attached hydrogens (tertiary/aromatic N) is 2. The first-order valence-corrected chi connectivity index (χ1v) is 8.42. The molecule has 4 heteroatoms. The number of para-hydroxylation sites is 1. The first-order valence-electron chi connectivity index (χ1n) is 7.88. The minimum absolute atomic E-state index is 0.237. The molecule has 0 amide bonds. The first-order chi connectivity index (χ1) is 10.2. The molecule has 1 fully saturated rings. The van der Waals surface area contributed by atoms with Crippen LogP contribution in [0.2, 0.25) is 0 Å². The second kappa shape index (κ2) is 6.35. The fourth-order valence-electron chi connectivity index (χ4n) is 3.41. The molecule has 0 spiro atoms. The molecule has 1 heterocycles. The van der Waals surface area contributed by atoms with Crippen molar-refractivity contribution >= 4 is 22.6 Å². The summed E-state index contributed by atoms with van der Waals surface area (Å²) < 4.78 is 16.1. The summed E-state index contributed by atoms with van der Waals surface area (Å²) in [4.78, 5) is 4.49. The SMILES string of the molecule is CC1CCC(Cn2c(CCCl)nc3c(F)cccc32)CC1. The van der Waals surface area contributed by atoms with Crippen molar-refractivity contribution < 1.29 is 4.39 Å². The van der Waals surface area contributed by atoms with E-state index in [1.165, 1.54) is 31.7 Å². The number of imidazole rings is 1. The number of fused-ring (bicyclic) bond motifs is 1. The van der Waals surface area contributed by atoms with Crippen LogP contribution in [0.1, 0.15) is 38.4 Å². The molecule has 1 aromatic heterocycles. The van der Waals surface area contributed by atoms with Gasteiger partial charge in [0.25, 0.3) is 0 Å². The summed E-state index contributed by atoms with van der Waals surface area (Å²) in [6.45, 7) is 3.27. The van der Waals surface area contributed by atoms with Crippen LogP contribution in [0.4, 0.5) is 4.39 Å². The van der Waals surface area contributed by atoms with Crippen LogP contribution in [-0.4, -0.2) is 15.4 Å². The highest BCUT2D eigenvalue weighted by atomic mass is 35.5. The van der Waals surface area contributed by atoms with Crippen LogP contribution in [-0.2, 0) is 13.0 Å². The van der Waals surface area contributed by atoms with E-state index in [1.807, 2.05) is 6.07 Å². The fourth-order valence-corrected chi connectivity index (χ4v) is 3.58. The zero-order chi connectivity index (χ0) is 14.8. The number of rotatable bonds is 4. The Bertz CT molecular complexity index is 615. The third-order valence-electron chi connectivity index (χ3n) is 4.70. The van der Waals surface area contributed by atoms with E-state index in [4.69, 9.17) is 11.6 Å². The predicted octanol–water partition coefficient (Wildman–Crippen LogP) is 4.78. The highest BCUT2D eigenvalue weighted by Gasteiger charge is 2.21. The van der Waals surface area contributed by atoms with Crippen LogP contribution in [0.5, 0.6) is 0 Å². The minimum atomic E-state index is -0.237. The number of hydrogen-bond donors (Lipinski definition) is 0. The van der Waals surface area contributed by atoms with E-state index in [-0.39, 0.29) is 5.82 Å². The molecule has 3 rings (SSSR count). The van der Waals surface area contributed by atoms with Gasteiger partial charge in [-0.05, 0) is 36.8 Å². The smallest absolute Gasteiger partial charge is 0.151 e. The standard InChI is InChI=1S/C17H22ClFN2/c1-12-5-7-13(8-6-12)11-21-15-4-2-3-14(19)17(15)20-16(21)9-10-18/h2-4,12-13H,5-11H2,1H3. The fraction of sp³-hybridized carbons (Fsp3) is 0.588. The average Bonchev–Trinajstić information content (AvgIpc) is 2.82. The molecule has 0 radical (unpaired) electrons. The van der Waals surface area contributed by atoms with Crippen molar-refractivity contribution in [2.24, 2.45) is 11.8 Å². The summed E-state index contributed by atoms with van der Waals surface area (Å²) in [5, 5.41) is 0. The number of halogens is 2. The zero-order valence-corrected chi connectivity index (χ0v) is 13.2. The predicted molar refractivity (Wildman–Crippen MR) is 85.2 cm³/mol. The summed E-state index contributed by atoms with van der Waals surface area (Å²) >= 11 is 5.89. The molecule has 0 atom stereocenters. The van der Waals surface area contributed by atoms with Gasteiger partial charge in [-0.15, -0.1) is 11.6 Å². The van der Waals surface area contributed by atoms with Crippen LogP contribution in [0.15, 0.2) is 18.2 Å². The van der Waals surface area contributed by atoms with Gasteiger partial charge >= 0.3 is 0 Å². The normalized spacial score (nSPS) is 22.8. The van der Waals surface area contributed by atoms with Crippen molar-refractivity contribution in [3.05, 3.63) is 29.8 Å². The second-order valence-corrected chi connectivity index (χ2v) is 6.69. The Morgan fingerprint density at radius 3 is 2.76 bits per heavy atom. The number of alkyl halides is 1. The lowest BCUT2D eigenvalue weighted by Crippen LogP contribution is -2.19. The van der Waals surface area contributed by atoms with Crippen molar-refractivity contribution in [2.75, 3.05) is 5.88 Å². The Hall–Kier alpha value is -1.09. The van der Waals surface area contributed by atoms with Crippen LogP contribution in [0, 0.1) is 17.7 Å². The molecule has 1 aliphatic rings. The van der Waals surface area contributed by atoms with Crippen molar-refractivity contribution in [1.82, 2.24) is 9.55 Å². The molecule has 0 bridgehead atoms. The van der Waals surface area contributed by atoms with Gasteiger partial charge in [0, 0.05) is 18.8 Å². The Kier molecular flexibility index (Phi) is 4.48. The van der Waals surface area contributed by atoms with Crippen LogP contribution in [0.25, 0.3) is 11.0 Å². The van der Waals surface area contributed by atoms with Gasteiger partial charge in [0.1, 0.15) is 11.3 Å². The Morgan fingerprint density at radius 1 is 1.29 bits per heavy atom.